The van der Waals surface area contributed by atoms with Gasteiger partial charge in [-0.2, -0.15) is 13.2 Å². The van der Waals surface area contributed by atoms with Crippen LogP contribution in [0.1, 0.15) is 38.5 Å². The van der Waals surface area contributed by atoms with Crippen LogP contribution in [-0.2, 0) is 9.53 Å². The molecule has 4 nitrogen and oxygen atoms in total. The first-order chi connectivity index (χ1) is 11.3. The number of carbonyl (C=O) groups excluding carboxylic acids is 1. The summed E-state index contributed by atoms with van der Waals surface area (Å²) in [5.74, 6) is -0.0596. The zero-order valence-electron chi connectivity index (χ0n) is 14.6. The highest BCUT2D eigenvalue weighted by atomic mass is 35.5. The molecule has 4 aliphatic rings. The molecule has 0 heterocycles. The van der Waals surface area contributed by atoms with E-state index in [1.807, 2.05) is 0 Å². The molecule has 0 aromatic heterocycles. The fraction of sp³-hybridized carbons (Fsp3) is 0.941. The second-order valence-electron chi connectivity index (χ2n) is 8.02. The number of nitrogens with one attached hydrogen (secondary N) is 2. The Hall–Kier alpha value is -0.530. The van der Waals surface area contributed by atoms with E-state index in [0.717, 1.165) is 6.42 Å². The Morgan fingerprint density at radius 1 is 1.12 bits per heavy atom. The van der Waals surface area contributed by atoms with Gasteiger partial charge in [0.25, 0.3) is 0 Å². The van der Waals surface area contributed by atoms with Crippen molar-refractivity contribution in [3.8, 4) is 0 Å². The van der Waals surface area contributed by atoms with Crippen LogP contribution in [0.4, 0.5) is 13.2 Å². The summed E-state index contributed by atoms with van der Waals surface area (Å²) < 4.78 is 46.0. The van der Waals surface area contributed by atoms with Gasteiger partial charge >= 0.3 is 6.18 Å². The Bertz CT molecular complexity index is 473. The lowest BCUT2D eigenvalue weighted by Crippen LogP contribution is -2.61. The molecule has 2 unspecified atom stereocenters. The number of alkyl halides is 3. The van der Waals surface area contributed by atoms with Gasteiger partial charge in [0, 0.05) is 26.7 Å². The second-order valence-corrected chi connectivity index (χ2v) is 8.02. The molecule has 2 atom stereocenters. The summed E-state index contributed by atoms with van der Waals surface area (Å²) >= 11 is 0. The molecule has 0 aromatic carbocycles. The number of ether oxygens (including phenoxy) is 1. The molecule has 0 aliphatic heterocycles. The van der Waals surface area contributed by atoms with E-state index < -0.39 is 17.0 Å². The molecule has 0 aromatic rings. The number of amides is 1. The Morgan fingerprint density at radius 2 is 1.76 bits per heavy atom. The first kappa shape index (κ1) is 20.8. The summed E-state index contributed by atoms with van der Waals surface area (Å²) in [6, 6.07) is 0. The van der Waals surface area contributed by atoms with Crippen LogP contribution in [0.25, 0.3) is 0 Å². The van der Waals surface area contributed by atoms with Crippen LogP contribution in [0.15, 0.2) is 0 Å². The molecular weight excluding hydrogens is 357 g/mol. The number of rotatable bonds is 7. The van der Waals surface area contributed by atoms with E-state index in [2.05, 4.69) is 10.6 Å². The van der Waals surface area contributed by atoms with E-state index in [1.165, 1.54) is 0 Å². The van der Waals surface area contributed by atoms with Crippen LogP contribution in [0, 0.1) is 22.7 Å². The zero-order valence-corrected chi connectivity index (χ0v) is 15.4. The maximum absolute atomic E-state index is 13.7. The van der Waals surface area contributed by atoms with Crippen LogP contribution in [0.2, 0.25) is 0 Å². The zero-order chi connectivity index (χ0) is 17.4. The Balaban J connectivity index is 0.00000225. The lowest BCUT2D eigenvalue weighted by Gasteiger charge is -2.61. The quantitative estimate of drug-likeness (QED) is 0.663. The number of hydrogen-bond donors (Lipinski definition) is 2. The van der Waals surface area contributed by atoms with Crippen molar-refractivity contribution in [1.29, 1.82) is 0 Å². The van der Waals surface area contributed by atoms with Gasteiger partial charge in [0.15, 0.2) is 0 Å². The SMILES string of the molecule is COCCNCCNC(=O)C12CC3CC(C1)CC(C(F)(F)F)(C3)C2.Cl. The van der Waals surface area contributed by atoms with E-state index in [1.54, 1.807) is 7.11 Å². The van der Waals surface area contributed by atoms with Crippen molar-refractivity contribution in [2.24, 2.45) is 22.7 Å². The predicted molar refractivity (Wildman–Crippen MR) is 90.6 cm³/mol. The second kappa shape index (κ2) is 7.61. The summed E-state index contributed by atoms with van der Waals surface area (Å²) in [5, 5.41) is 6.00. The molecule has 146 valence electrons. The smallest absolute Gasteiger partial charge is 0.383 e. The van der Waals surface area contributed by atoms with Crippen molar-refractivity contribution in [3.05, 3.63) is 0 Å². The standard InChI is InChI=1S/C17H27F3N2O2.ClH/c1-24-5-4-21-2-3-22-14(23)15-7-12-6-13(8-15)10-16(9-12,11-15)17(18,19)20;/h12-13,21H,2-11H2,1H3,(H,22,23);1H. The molecule has 4 bridgehead atoms. The third kappa shape index (κ3) is 3.93. The minimum atomic E-state index is -4.20. The van der Waals surface area contributed by atoms with Gasteiger partial charge in [-0.1, -0.05) is 0 Å². The van der Waals surface area contributed by atoms with Crippen molar-refractivity contribution < 1.29 is 22.7 Å². The van der Waals surface area contributed by atoms with Crippen LogP contribution in [0.3, 0.4) is 0 Å². The van der Waals surface area contributed by atoms with Gasteiger partial charge in [-0.3, -0.25) is 4.79 Å². The van der Waals surface area contributed by atoms with Crippen molar-refractivity contribution in [2.45, 2.75) is 44.7 Å². The first-order valence-electron chi connectivity index (χ1n) is 8.85. The molecule has 0 saturated heterocycles. The third-order valence-electron chi connectivity index (χ3n) is 6.21. The van der Waals surface area contributed by atoms with Crippen molar-refractivity contribution in [3.63, 3.8) is 0 Å². The van der Waals surface area contributed by atoms with Crippen molar-refractivity contribution >= 4 is 18.3 Å². The number of halogens is 4. The largest absolute Gasteiger partial charge is 0.394 e. The van der Waals surface area contributed by atoms with Gasteiger partial charge in [-0.25, -0.2) is 0 Å². The average Bonchev–Trinajstić information content (AvgIpc) is 2.48. The molecular formula is C17H28ClF3N2O2. The number of hydrogen-bond acceptors (Lipinski definition) is 3. The summed E-state index contributed by atoms with van der Waals surface area (Å²) in [6.45, 7) is 2.33. The van der Waals surface area contributed by atoms with E-state index in [0.29, 0.717) is 39.1 Å². The Morgan fingerprint density at radius 3 is 2.32 bits per heavy atom. The normalized spacial score (nSPS) is 36.2. The fourth-order valence-corrected chi connectivity index (χ4v) is 5.61. The van der Waals surface area contributed by atoms with Crippen LogP contribution >= 0.6 is 12.4 Å². The molecule has 25 heavy (non-hydrogen) atoms. The lowest BCUT2D eigenvalue weighted by molar-refractivity contribution is -0.283. The Labute approximate surface area is 153 Å². The summed E-state index contributed by atoms with van der Waals surface area (Å²) in [5.41, 5.74) is -2.42. The van der Waals surface area contributed by atoms with Gasteiger partial charge in [0.2, 0.25) is 5.91 Å². The van der Waals surface area contributed by atoms with Crippen LogP contribution in [0.5, 0.6) is 0 Å². The molecule has 8 heteroatoms. The van der Waals surface area contributed by atoms with E-state index in [9.17, 15) is 18.0 Å². The molecule has 2 N–H and O–H groups in total. The van der Waals surface area contributed by atoms with Crippen LogP contribution < -0.4 is 10.6 Å². The van der Waals surface area contributed by atoms with E-state index in [4.69, 9.17) is 4.74 Å². The van der Waals surface area contributed by atoms with Crippen molar-refractivity contribution in [1.82, 2.24) is 10.6 Å². The van der Waals surface area contributed by atoms with Crippen LogP contribution in [-0.4, -0.2) is 45.4 Å². The monoisotopic (exact) mass is 384 g/mol. The summed E-state index contributed by atoms with van der Waals surface area (Å²) in [6.07, 6.45) is -1.64. The van der Waals surface area contributed by atoms with Gasteiger partial charge in [0.05, 0.1) is 17.4 Å². The molecule has 0 spiro atoms. The highest BCUT2D eigenvalue weighted by Crippen LogP contribution is 2.69. The Kier molecular flexibility index (Phi) is 6.32. The summed E-state index contributed by atoms with van der Waals surface area (Å²) in [4.78, 5) is 12.7. The fourth-order valence-electron chi connectivity index (χ4n) is 5.61. The minimum absolute atomic E-state index is 0. The minimum Gasteiger partial charge on any atom is -0.383 e. The predicted octanol–water partition coefficient (Wildman–Crippen LogP) is 2.91. The van der Waals surface area contributed by atoms with Gasteiger partial charge in [-0.05, 0) is 50.4 Å². The number of methoxy groups -OCH3 is 1. The van der Waals surface area contributed by atoms with Gasteiger partial charge in [0.1, 0.15) is 0 Å². The van der Waals surface area contributed by atoms with E-state index >= 15 is 0 Å². The lowest BCUT2D eigenvalue weighted by atomic mass is 9.43. The first-order valence-corrected chi connectivity index (χ1v) is 8.85. The van der Waals surface area contributed by atoms with E-state index in [-0.39, 0.29) is 49.4 Å². The topological polar surface area (TPSA) is 50.4 Å². The molecule has 4 rings (SSSR count). The average molecular weight is 385 g/mol. The number of carbonyl (C=O) groups is 1. The third-order valence-corrected chi connectivity index (χ3v) is 6.21. The highest BCUT2D eigenvalue weighted by Gasteiger charge is 2.68. The van der Waals surface area contributed by atoms with Gasteiger partial charge < -0.3 is 15.4 Å². The van der Waals surface area contributed by atoms with Gasteiger partial charge in [-0.15, -0.1) is 12.4 Å². The molecule has 4 saturated carbocycles. The highest BCUT2D eigenvalue weighted by molar-refractivity contribution is 5.85. The molecule has 0 radical (unpaired) electrons. The maximum atomic E-state index is 13.7. The maximum Gasteiger partial charge on any atom is 0.394 e. The van der Waals surface area contributed by atoms with Crippen molar-refractivity contribution in [2.75, 3.05) is 33.4 Å². The molecule has 4 aliphatic carbocycles. The summed E-state index contributed by atoms with van der Waals surface area (Å²) in [7, 11) is 1.62. The molecule has 4 fully saturated rings. The molecule has 1 amide bonds.